The van der Waals surface area contributed by atoms with E-state index in [0.717, 1.165) is 11.8 Å². The molecule has 0 saturated carbocycles. The minimum Gasteiger partial charge on any atom is -0.467 e. The van der Waals surface area contributed by atoms with Gasteiger partial charge in [-0.3, -0.25) is 14.4 Å². The molecule has 2 amide bonds. The highest BCUT2D eigenvalue weighted by Crippen LogP contribution is 2.14. The highest BCUT2D eigenvalue weighted by molar-refractivity contribution is 8.00. The first-order valence-corrected chi connectivity index (χ1v) is 9.52. The summed E-state index contributed by atoms with van der Waals surface area (Å²) in [6.07, 6.45) is 1.52. The van der Waals surface area contributed by atoms with Crippen LogP contribution >= 0.6 is 23.4 Å². The molecule has 7 nitrogen and oxygen atoms in total. The van der Waals surface area contributed by atoms with Crippen LogP contribution in [0.2, 0.25) is 5.02 Å². The number of anilines is 1. The van der Waals surface area contributed by atoms with Gasteiger partial charge in [-0.15, -0.1) is 11.8 Å². The number of esters is 1. The van der Waals surface area contributed by atoms with Crippen molar-refractivity contribution >= 4 is 46.8 Å². The largest absolute Gasteiger partial charge is 0.467 e. The molecule has 0 spiro atoms. The van der Waals surface area contributed by atoms with E-state index >= 15 is 0 Å². The highest BCUT2D eigenvalue weighted by Gasteiger charge is 2.14. The van der Waals surface area contributed by atoms with Crippen LogP contribution in [0.25, 0.3) is 0 Å². The zero-order valence-corrected chi connectivity index (χ0v) is 16.2. The number of carbonyl (C=O) groups excluding carboxylic acids is 3. The van der Waals surface area contributed by atoms with E-state index in [1.54, 1.807) is 43.4 Å². The maximum atomic E-state index is 11.9. The molecule has 144 valence electrons. The number of hydrogen-bond acceptors (Lipinski definition) is 6. The Hall–Kier alpha value is -2.45. The number of nitrogens with zero attached hydrogens (tertiary/aromatic N) is 1. The van der Waals surface area contributed by atoms with Gasteiger partial charge in [0.05, 0.1) is 24.3 Å². The molecule has 0 saturated heterocycles. The first-order valence-electron chi connectivity index (χ1n) is 7.99. The lowest BCUT2D eigenvalue weighted by atomic mass is 10.3. The first-order chi connectivity index (χ1) is 12.9. The molecule has 27 heavy (non-hydrogen) atoms. The summed E-state index contributed by atoms with van der Waals surface area (Å²) in [6, 6.07) is 10.2. The molecule has 0 atom stereocenters. The van der Waals surface area contributed by atoms with Crippen LogP contribution in [-0.4, -0.2) is 47.8 Å². The molecule has 0 aliphatic rings. The summed E-state index contributed by atoms with van der Waals surface area (Å²) in [5.41, 5.74) is 0.623. The van der Waals surface area contributed by atoms with Crippen molar-refractivity contribution in [2.45, 2.75) is 6.54 Å². The van der Waals surface area contributed by atoms with E-state index < -0.39 is 5.97 Å². The predicted octanol–water partition coefficient (Wildman–Crippen LogP) is 2.81. The highest BCUT2D eigenvalue weighted by atomic mass is 35.5. The summed E-state index contributed by atoms with van der Waals surface area (Å²) in [5, 5.41) is 3.27. The number of ether oxygens (including phenoxy) is 1. The fraction of sp³-hybridized carbons (Fsp3) is 0.278. The Morgan fingerprint density at radius 2 is 1.93 bits per heavy atom. The summed E-state index contributed by atoms with van der Waals surface area (Å²) in [4.78, 5) is 36.8. The fourth-order valence-electron chi connectivity index (χ4n) is 1.98. The van der Waals surface area contributed by atoms with Crippen LogP contribution in [0.4, 0.5) is 5.69 Å². The third-order valence-electron chi connectivity index (χ3n) is 3.34. The monoisotopic (exact) mass is 410 g/mol. The maximum absolute atomic E-state index is 11.9. The van der Waals surface area contributed by atoms with Gasteiger partial charge >= 0.3 is 5.97 Å². The molecule has 0 unspecified atom stereocenters. The second-order valence-corrected chi connectivity index (χ2v) is 6.96. The van der Waals surface area contributed by atoms with Crippen LogP contribution in [0.15, 0.2) is 47.1 Å². The predicted molar refractivity (Wildman–Crippen MR) is 104 cm³/mol. The van der Waals surface area contributed by atoms with Gasteiger partial charge in [0.1, 0.15) is 5.76 Å². The lowest BCUT2D eigenvalue weighted by molar-refractivity contribution is -0.149. The standard InChI is InChI=1S/C18H19ClN2O5S/c1-21(9-15-3-2-8-25-15)17(23)10-26-18(24)12-27-11-16(22)20-14-6-4-13(19)5-7-14/h2-8H,9-12H2,1H3,(H,20,22). The van der Waals surface area contributed by atoms with Gasteiger partial charge in [-0.1, -0.05) is 11.6 Å². The van der Waals surface area contributed by atoms with E-state index in [-0.39, 0.29) is 29.9 Å². The fourth-order valence-corrected chi connectivity index (χ4v) is 2.71. The molecular formula is C18H19ClN2O5S. The smallest absolute Gasteiger partial charge is 0.316 e. The van der Waals surface area contributed by atoms with Gasteiger partial charge in [0, 0.05) is 17.8 Å². The minimum absolute atomic E-state index is 0.0246. The first kappa shape index (κ1) is 20.9. The molecule has 1 N–H and O–H groups in total. The number of amides is 2. The number of hydrogen-bond donors (Lipinski definition) is 1. The van der Waals surface area contributed by atoms with Crippen molar-refractivity contribution in [3.05, 3.63) is 53.4 Å². The van der Waals surface area contributed by atoms with Crippen LogP contribution in [0.5, 0.6) is 0 Å². The van der Waals surface area contributed by atoms with Gasteiger partial charge in [-0.05, 0) is 36.4 Å². The van der Waals surface area contributed by atoms with Crippen LogP contribution in [0.1, 0.15) is 5.76 Å². The van der Waals surface area contributed by atoms with Crippen molar-refractivity contribution in [3.63, 3.8) is 0 Å². The van der Waals surface area contributed by atoms with E-state index in [1.807, 2.05) is 0 Å². The molecule has 0 aliphatic carbocycles. The lowest BCUT2D eigenvalue weighted by Crippen LogP contribution is -2.31. The zero-order valence-electron chi connectivity index (χ0n) is 14.6. The summed E-state index contributed by atoms with van der Waals surface area (Å²) in [5.74, 6) is -0.444. The maximum Gasteiger partial charge on any atom is 0.316 e. The van der Waals surface area contributed by atoms with Gasteiger partial charge < -0.3 is 19.4 Å². The van der Waals surface area contributed by atoms with Gasteiger partial charge in [0.2, 0.25) is 5.91 Å². The van der Waals surface area contributed by atoms with E-state index in [1.165, 1.54) is 11.2 Å². The summed E-state index contributed by atoms with van der Waals surface area (Å²) in [6.45, 7) is -0.0590. The zero-order chi connectivity index (χ0) is 19.6. The second-order valence-electron chi connectivity index (χ2n) is 5.54. The van der Waals surface area contributed by atoms with E-state index in [2.05, 4.69) is 5.32 Å². The van der Waals surface area contributed by atoms with Crippen molar-refractivity contribution in [1.29, 1.82) is 0 Å². The quantitative estimate of drug-likeness (QED) is 0.639. The Morgan fingerprint density at radius 1 is 1.19 bits per heavy atom. The number of nitrogens with one attached hydrogen (secondary N) is 1. The van der Waals surface area contributed by atoms with Crippen molar-refractivity contribution in [3.8, 4) is 0 Å². The topological polar surface area (TPSA) is 88.9 Å². The summed E-state index contributed by atoms with van der Waals surface area (Å²) < 4.78 is 10.1. The molecule has 2 rings (SSSR count). The third-order valence-corrected chi connectivity index (χ3v) is 4.49. The molecule has 0 bridgehead atoms. The number of carbonyl (C=O) groups is 3. The van der Waals surface area contributed by atoms with E-state index in [4.69, 9.17) is 20.8 Å². The Balaban J connectivity index is 1.60. The minimum atomic E-state index is -0.556. The molecule has 0 radical (unpaired) electrons. The van der Waals surface area contributed by atoms with Crippen LogP contribution in [0.3, 0.4) is 0 Å². The number of thioether (sulfide) groups is 1. The number of rotatable bonds is 9. The molecule has 9 heteroatoms. The number of benzene rings is 1. The molecule has 1 heterocycles. The van der Waals surface area contributed by atoms with Crippen molar-refractivity contribution in [1.82, 2.24) is 4.90 Å². The number of likely N-dealkylation sites (N-methyl/N-ethyl adjacent to an activating group) is 1. The van der Waals surface area contributed by atoms with E-state index in [9.17, 15) is 14.4 Å². The second kappa shape index (κ2) is 10.6. The van der Waals surface area contributed by atoms with Crippen LogP contribution in [0, 0.1) is 0 Å². The Bertz CT molecular complexity index is 765. The average molecular weight is 411 g/mol. The van der Waals surface area contributed by atoms with Crippen LogP contribution < -0.4 is 5.32 Å². The lowest BCUT2D eigenvalue weighted by Gasteiger charge is -2.15. The number of furan rings is 1. The molecule has 1 aromatic carbocycles. The Labute approximate surface area is 166 Å². The van der Waals surface area contributed by atoms with Gasteiger partial charge in [-0.25, -0.2) is 0 Å². The summed E-state index contributed by atoms with van der Waals surface area (Å²) >= 11 is 6.88. The molecule has 0 fully saturated rings. The van der Waals surface area contributed by atoms with Crippen LogP contribution in [-0.2, 0) is 25.7 Å². The Morgan fingerprint density at radius 3 is 2.59 bits per heavy atom. The molecule has 1 aromatic heterocycles. The van der Waals surface area contributed by atoms with Gasteiger partial charge in [-0.2, -0.15) is 0 Å². The molecule has 0 aliphatic heterocycles. The van der Waals surface area contributed by atoms with Crippen molar-refractivity contribution in [2.24, 2.45) is 0 Å². The van der Waals surface area contributed by atoms with Gasteiger partial charge in [0.25, 0.3) is 5.91 Å². The van der Waals surface area contributed by atoms with E-state index in [0.29, 0.717) is 23.0 Å². The van der Waals surface area contributed by atoms with Crippen molar-refractivity contribution < 1.29 is 23.5 Å². The third kappa shape index (κ3) is 7.76. The molecular weight excluding hydrogens is 392 g/mol. The van der Waals surface area contributed by atoms with Gasteiger partial charge in [0.15, 0.2) is 6.61 Å². The number of halogens is 1. The summed E-state index contributed by atoms with van der Waals surface area (Å²) in [7, 11) is 1.59. The molecule has 2 aromatic rings. The normalized spacial score (nSPS) is 10.3. The Kier molecular flexibility index (Phi) is 8.22. The average Bonchev–Trinajstić information content (AvgIpc) is 3.14. The van der Waals surface area contributed by atoms with Crippen molar-refractivity contribution in [2.75, 3.05) is 30.5 Å². The SMILES string of the molecule is CN(Cc1ccco1)C(=O)COC(=O)CSCC(=O)Nc1ccc(Cl)cc1.